The second-order valence-corrected chi connectivity index (χ2v) is 6.40. The fourth-order valence-electron chi connectivity index (χ4n) is 2.67. The van der Waals surface area contributed by atoms with Crippen LogP contribution in [0, 0.1) is 11.3 Å². The van der Waals surface area contributed by atoms with Crippen molar-refractivity contribution < 1.29 is 14.7 Å². The molecule has 0 aliphatic carbocycles. The van der Waals surface area contributed by atoms with Crippen molar-refractivity contribution in [2.24, 2.45) is 0 Å². The Labute approximate surface area is 159 Å². The summed E-state index contributed by atoms with van der Waals surface area (Å²) in [4.78, 5) is 27.0. The number of nitriles is 1. The maximum atomic E-state index is 11.9. The standard InChI is InChI=1S/C19H25N5O3/c1-23-9-11-24(12-10-23)17-6-4-16(5-7-17)22-14-15(13-20)19(27)21-8-2-3-18(25)26/h4-7,14,22H,2-3,8-12H2,1H3,(H,21,27)(H,25,26)/b15-14-. The van der Waals surface area contributed by atoms with E-state index in [1.807, 2.05) is 30.3 Å². The van der Waals surface area contributed by atoms with Crippen LogP contribution >= 0.6 is 0 Å². The lowest BCUT2D eigenvalue weighted by molar-refractivity contribution is -0.137. The van der Waals surface area contributed by atoms with Crippen LogP contribution in [-0.4, -0.2) is 61.7 Å². The molecule has 0 radical (unpaired) electrons. The third-order valence-electron chi connectivity index (χ3n) is 4.34. The number of carbonyl (C=O) groups is 2. The Morgan fingerprint density at radius 3 is 2.48 bits per heavy atom. The van der Waals surface area contributed by atoms with Gasteiger partial charge in [0.2, 0.25) is 0 Å². The summed E-state index contributed by atoms with van der Waals surface area (Å²) in [5.41, 5.74) is 1.86. The second-order valence-electron chi connectivity index (χ2n) is 6.40. The summed E-state index contributed by atoms with van der Waals surface area (Å²) in [6, 6.07) is 9.69. The number of hydrogen-bond donors (Lipinski definition) is 3. The van der Waals surface area contributed by atoms with Gasteiger partial charge in [0.05, 0.1) is 0 Å². The summed E-state index contributed by atoms with van der Waals surface area (Å²) < 4.78 is 0. The molecule has 1 saturated heterocycles. The third-order valence-corrected chi connectivity index (χ3v) is 4.34. The summed E-state index contributed by atoms with van der Waals surface area (Å²) >= 11 is 0. The van der Waals surface area contributed by atoms with Crippen LogP contribution in [0.3, 0.4) is 0 Å². The summed E-state index contributed by atoms with van der Waals surface area (Å²) in [6.45, 7) is 4.27. The average Bonchev–Trinajstić information content (AvgIpc) is 2.67. The number of piperazine rings is 1. The Hall–Kier alpha value is -3.05. The van der Waals surface area contributed by atoms with Gasteiger partial charge < -0.3 is 25.5 Å². The lowest BCUT2D eigenvalue weighted by Crippen LogP contribution is -2.44. The minimum Gasteiger partial charge on any atom is -0.481 e. The van der Waals surface area contributed by atoms with Crippen molar-refractivity contribution in [2.45, 2.75) is 12.8 Å². The molecule has 1 aromatic carbocycles. The monoisotopic (exact) mass is 371 g/mol. The number of anilines is 2. The zero-order chi connectivity index (χ0) is 19.6. The molecule has 0 unspecified atom stereocenters. The van der Waals surface area contributed by atoms with Gasteiger partial charge in [-0.3, -0.25) is 9.59 Å². The summed E-state index contributed by atoms with van der Waals surface area (Å²) in [6.07, 6.45) is 1.65. The Morgan fingerprint density at radius 2 is 1.89 bits per heavy atom. The Balaban J connectivity index is 1.86. The highest BCUT2D eigenvalue weighted by Crippen LogP contribution is 2.19. The first-order valence-electron chi connectivity index (χ1n) is 8.90. The van der Waals surface area contributed by atoms with E-state index in [1.165, 1.54) is 6.20 Å². The molecule has 8 nitrogen and oxygen atoms in total. The minimum absolute atomic E-state index is 0.0240. The molecule has 1 aliphatic rings. The van der Waals surface area contributed by atoms with Crippen LogP contribution in [0.4, 0.5) is 11.4 Å². The highest BCUT2D eigenvalue weighted by molar-refractivity contribution is 5.97. The molecule has 0 saturated carbocycles. The van der Waals surface area contributed by atoms with Gasteiger partial charge in [0.25, 0.3) is 5.91 Å². The van der Waals surface area contributed by atoms with Crippen molar-refractivity contribution in [3.8, 4) is 6.07 Å². The van der Waals surface area contributed by atoms with Gasteiger partial charge in [-0.2, -0.15) is 5.26 Å². The third kappa shape index (κ3) is 6.64. The van der Waals surface area contributed by atoms with E-state index < -0.39 is 11.9 Å². The number of likely N-dealkylation sites (N-methyl/N-ethyl adjacent to an activating group) is 1. The van der Waals surface area contributed by atoms with E-state index in [0.29, 0.717) is 6.42 Å². The van der Waals surface area contributed by atoms with Gasteiger partial charge in [-0.05, 0) is 37.7 Å². The number of benzene rings is 1. The lowest BCUT2D eigenvalue weighted by atomic mass is 10.2. The maximum Gasteiger partial charge on any atom is 0.303 e. The molecule has 1 fully saturated rings. The normalized spacial score (nSPS) is 15.1. The van der Waals surface area contributed by atoms with Crippen molar-refractivity contribution in [3.63, 3.8) is 0 Å². The number of rotatable bonds is 8. The predicted molar refractivity (Wildman–Crippen MR) is 103 cm³/mol. The molecule has 0 bridgehead atoms. The number of carboxylic acids is 1. The predicted octanol–water partition coefficient (Wildman–Crippen LogP) is 1.24. The second kappa shape index (κ2) is 10.2. The molecule has 1 heterocycles. The Kier molecular flexibility index (Phi) is 7.64. The van der Waals surface area contributed by atoms with Crippen molar-refractivity contribution in [3.05, 3.63) is 36.0 Å². The lowest BCUT2D eigenvalue weighted by Gasteiger charge is -2.34. The van der Waals surface area contributed by atoms with Crippen molar-refractivity contribution in [2.75, 3.05) is 50.0 Å². The highest BCUT2D eigenvalue weighted by Gasteiger charge is 2.14. The fourth-order valence-corrected chi connectivity index (χ4v) is 2.67. The van der Waals surface area contributed by atoms with Crippen LogP contribution in [0.5, 0.6) is 0 Å². The molecule has 27 heavy (non-hydrogen) atoms. The zero-order valence-electron chi connectivity index (χ0n) is 15.4. The molecule has 144 valence electrons. The van der Waals surface area contributed by atoms with E-state index in [9.17, 15) is 9.59 Å². The van der Waals surface area contributed by atoms with Gasteiger partial charge in [0, 0.05) is 56.7 Å². The smallest absolute Gasteiger partial charge is 0.303 e. The minimum atomic E-state index is -0.915. The average molecular weight is 371 g/mol. The van der Waals surface area contributed by atoms with Gasteiger partial charge in [-0.1, -0.05) is 0 Å². The van der Waals surface area contributed by atoms with Gasteiger partial charge in [-0.15, -0.1) is 0 Å². The topological polar surface area (TPSA) is 109 Å². The van der Waals surface area contributed by atoms with E-state index in [4.69, 9.17) is 10.4 Å². The highest BCUT2D eigenvalue weighted by atomic mass is 16.4. The molecule has 1 amide bonds. The summed E-state index contributed by atoms with van der Waals surface area (Å²) in [5.74, 6) is -1.44. The number of hydrogen-bond acceptors (Lipinski definition) is 6. The Bertz CT molecular complexity index is 716. The first kappa shape index (κ1) is 20.3. The number of nitrogens with one attached hydrogen (secondary N) is 2. The molecule has 8 heteroatoms. The number of amides is 1. The van der Waals surface area contributed by atoms with Crippen molar-refractivity contribution in [1.29, 1.82) is 5.26 Å². The Morgan fingerprint density at radius 1 is 1.22 bits per heavy atom. The molecule has 1 aromatic rings. The number of carboxylic acid groups (broad SMARTS) is 1. The van der Waals surface area contributed by atoms with Crippen LogP contribution in [0.2, 0.25) is 0 Å². The molecule has 2 rings (SSSR count). The quantitative estimate of drug-likeness (QED) is 0.358. The van der Waals surface area contributed by atoms with Crippen LogP contribution in [0.15, 0.2) is 36.0 Å². The molecule has 3 N–H and O–H groups in total. The molecular weight excluding hydrogens is 346 g/mol. The fraction of sp³-hybridized carbons (Fsp3) is 0.421. The maximum absolute atomic E-state index is 11.9. The summed E-state index contributed by atoms with van der Waals surface area (Å²) in [5, 5.41) is 23.2. The van der Waals surface area contributed by atoms with Gasteiger partial charge in [0.15, 0.2) is 0 Å². The first-order valence-corrected chi connectivity index (χ1v) is 8.90. The zero-order valence-corrected chi connectivity index (χ0v) is 15.4. The van der Waals surface area contributed by atoms with E-state index in [0.717, 1.165) is 37.6 Å². The van der Waals surface area contributed by atoms with Gasteiger partial charge in [-0.25, -0.2) is 0 Å². The van der Waals surface area contributed by atoms with Crippen LogP contribution < -0.4 is 15.5 Å². The number of nitrogens with zero attached hydrogens (tertiary/aromatic N) is 3. The number of carbonyl (C=O) groups excluding carboxylic acids is 1. The molecule has 0 atom stereocenters. The molecule has 0 spiro atoms. The van der Waals surface area contributed by atoms with Crippen LogP contribution in [0.1, 0.15) is 12.8 Å². The van der Waals surface area contributed by atoms with Crippen LogP contribution in [-0.2, 0) is 9.59 Å². The SMILES string of the molecule is CN1CCN(c2ccc(N/C=C(/C#N)C(=O)NCCCC(=O)O)cc2)CC1. The van der Waals surface area contributed by atoms with E-state index >= 15 is 0 Å². The largest absolute Gasteiger partial charge is 0.481 e. The van der Waals surface area contributed by atoms with Gasteiger partial charge >= 0.3 is 5.97 Å². The molecule has 1 aliphatic heterocycles. The van der Waals surface area contributed by atoms with Gasteiger partial charge in [0.1, 0.15) is 11.6 Å². The van der Waals surface area contributed by atoms with E-state index in [1.54, 1.807) is 0 Å². The van der Waals surface area contributed by atoms with Crippen molar-refractivity contribution in [1.82, 2.24) is 10.2 Å². The van der Waals surface area contributed by atoms with E-state index in [-0.39, 0.29) is 18.5 Å². The summed E-state index contributed by atoms with van der Waals surface area (Å²) in [7, 11) is 2.12. The molecule has 0 aromatic heterocycles. The van der Waals surface area contributed by atoms with Crippen molar-refractivity contribution >= 4 is 23.3 Å². The molecular formula is C19H25N5O3. The van der Waals surface area contributed by atoms with Crippen LogP contribution in [0.25, 0.3) is 0 Å². The first-order chi connectivity index (χ1) is 13.0. The van der Waals surface area contributed by atoms with E-state index in [2.05, 4.69) is 27.5 Å². The number of aliphatic carboxylic acids is 1.